The van der Waals surface area contributed by atoms with Gasteiger partial charge >= 0.3 is 5.97 Å². The number of hydrogen-bond acceptors (Lipinski definition) is 6. The van der Waals surface area contributed by atoms with Crippen LogP contribution in [0.15, 0.2) is 4.42 Å². The molecule has 0 spiro atoms. The second-order valence-electron chi connectivity index (χ2n) is 5.34. The highest BCUT2D eigenvalue weighted by molar-refractivity contribution is 5.86. The highest BCUT2D eigenvalue weighted by Crippen LogP contribution is 2.23. The van der Waals surface area contributed by atoms with E-state index in [-0.39, 0.29) is 17.9 Å². The Bertz CT molecular complexity index is 659. The highest BCUT2D eigenvalue weighted by Gasteiger charge is 2.28. The van der Waals surface area contributed by atoms with Crippen LogP contribution in [0.5, 0.6) is 0 Å². The minimum Gasteiger partial charge on any atom is -0.476 e. The van der Waals surface area contributed by atoms with Crippen molar-refractivity contribution in [2.24, 2.45) is 0 Å². The number of carboxylic acids is 1. The fourth-order valence-electron chi connectivity index (χ4n) is 1.55. The summed E-state index contributed by atoms with van der Waals surface area (Å²) in [7, 11) is 0. The number of aromatic nitrogens is 5. The molecule has 0 aliphatic rings. The maximum atomic E-state index is 12.9. The van der Waals surface area contributed by atoms with Crippen molar-refractivity contribution in [3.63, 3.8) is 0 Å². The SMILES string of the molecule is CC(C)(C)c1nnc(Cn2nnc(C(=O)O)c2C(F)F)o1. The lowest BCUT2D eigenvalue weighted by Crippen LogP contribution is -2.11. The molecule has 0 unspecified atom stereocenters. The molecule has 0 aromatic carbocycles. The van der Waals surface area contributed by atoms with Gasteiger partial charge in [0.15, 0.2) is 5.69 Å². The van der Waals surface area contributed by atoms with E-state index in [4.69, 9.17) is 9.52 Å². The fraction of sp³-hybridized carbons (Fsp3) is 0.545. The molecule has 21 heavy (non-hydrogen) atoms. The van der Waals surface area contributed by atoms with Crippen molar-refractivity contribution in [2.45, 2.75) is 39.2 Å². The van der Waals surface area contributed by atoms with Crippen molar-refractivity contribution in [3.05, 3.63) is 23.2 Å². The van der Waals surface area contributed by atoms with E-state index in [0.29, 0.717) is 5.89 Å². The second kappa shape index (κ2) is 5.19. The molecule has 0 amide bonds. The van der Waals surface area contributed by atoms with Crippen LogP contribution in [0.3, 0.4) is 0 Å². The number of halogens is 2. The van der Waals surface area contributed by atoms with Gasteiger partial charge in [0.1, 0.15) is 12.2 Å². The average molecular weight is 301 g/mol. The molecule has 2 aromatic heterocycles. The topological polar surface area (TPSA) is 107 Å². The third-order valence-corrected chi connectivity index (χ3v) is 2.58. The molecule has 0 saturated carbocycles. The number of nitrogens with zero attached hydrogens (tertiary/aromatic N) is 5. The van der Waals surface area contributed by atoms with Crippen molar-refractivity contribution >= 4 is 5.97 Å². The lowest BCUT2D eigenvalue weighted by Gasteiger charge is -2.11. The Morgan fingerprint density at radius 1 is 1.33 bits per heavy atom. The molecule has 1 N–H and O–H groups in total. The van der Waals surface area contributed by atoms with Gasteiger partial charge in [0.25, 0.3) is 6.43 Å². The maximum absolute atomic E-state index is 12.9. The first-order chi connectivity index (χ1) is 9.70. The Labute approximate surface area is 117 Å². The van der Waals surface area contributed by atoms with Crippen LogP contribution < -0.4 is 0 Å². The van der Waals surface area contributed by atoms with Crippen LogP contribution in [0.25, 0.3) is 0 Å². The van der Waals surface area contributed by atoms with E-state index in [2.05, 4.69) is 20.5 Å². The largest absolute Gasteiger partial charge is 0.476 e. The molecule has 0 radical (unpaired) electrons. The Morgan fingerprint density at radius 3 is 2.48 bits per heavy atom. The van der Waals surface area contributed by atoms with E-state index in [0.717, 1.165) is 4.68 Å². The first-order valence-electron chi connectivity index (χ1n) is 5.98. The van der Waals surface area contributed by atoms with E-state index in [9.17, 15) is 13.6 Å². The molecule has 0 saturated heterocycles. The van der Waals surface area contributed by atoms with Crippen molar-refractivity contribution in [1.82, 2.24) is 25.2 Å². The number of aromatic carboxylic acids is 1. The zero-order valence-corrected chi connectivity index (χ0v) is 11.5. The van der Waals surface area contributed by atoms with Gasteiger partial charge in [-0.3, -0.25) is 0 Å². The molecular weight excluding hydrogens is 288 g/mol. The molecule has 0 bridgehead atoms. The number of rotatable bonds is 4. The van der Waals surface area contributed by atoms with Crippen molar-refractivity contribution in [1.29, 1.82) is 0 Å². The lowest BCUT2D eigenvalue weighted by atomic mass is 9.97. The van der Waals surface area contributed by atoms with E-state index >= 15 is 0 Å². The van der Waals surface area contributed by atoms with Crippen molar-refractivity contribution < 1.29 is 23.1 Å². The predicted octanol–water partition coefficient (Wildman–Crippen LogP) is 1.64. The Kier molecular flexibility index (Phi) is 3.71. The zero-order valence-electron chi connectivity index (χ0n) is 11.5. The highest BCUT2D eigenvalue weighted by atomic mass is 19.3. The Balaban J connectivity index is 2.32. The van der Waals surface area contributed by atoms with Crippen molar-refractivity contribution in [2.75, 3.05) is 0 Å². The van der Waals surface area contributed by atoms with Crippen LogP contribution in [0.1, 0.15) is 55.2 Å². The predicted molar refractivity (Wildman–Crippen MR) is 64.0 cm³/mol. The quantitative estimate of drug-likeness (QED) is 0.914. The van der Waals surface area contributed by atoms with E-state index < -0.39 is 23.8 Å². The summed E-state index contributed by atoms with van der Waals surface area (Å²) >= 11 is 0. The minimum atomic E-state index is -3.03. The third-order valence-electron chi connectivity index (χ3n) is 2.58. The van der Waals surface area contributed by atoms with Crippen LogP contribution in [0, 0.1) is 0 Å². The van der Waals surface area contributed by atoms with Crippen molar-refractivity contribution in [3.8, 4) is 0 Å². The molecule has 2 rings (SSSR count). The number of carboxylic acid groups (broad SMARTS) is 1. The molecule has 0 atom stereocenters. The van der Waals surface area contributed by atoms with Gasteiger partial charge in [0.05, 0.1) is 0 Å². The molecule has 2 aromatic rings. The van der Waals surface area contributed by atoms with Crippen LogP contribution in [0.4, 0.5) is 8.78 Å². The lowest BCUT2D eigenvalue weighted by molar-refractivity contribution is 0.0675. The molecular formula is C11H13F2N5O3. The first kappa shape index (κ1) is 15.0. The monoisotopic (exact) mass is 301 g/mol. The summed E-state index contributed by atoms with van der Waals surface area (Å²) in [4.78, 5) is 10.8. The summed E-state index contributed by atoms with van der Waals surface area (Å²) in [6, 6.07) is 0. The van der Waals surface area contributed by atoms with E-state index in [1.807, 2.05) is 20.8 Å². The van der Waals surface area contributed by atoms with Gasteiger partial charge in [-0.05, 0) is 0 Å². The van der Waals surface area contributed by atoms with Gasteiger partial charge in [-0.15, -0.1) is 15.3 Å². The summed E-state index contributed by atoms with van der Waals surface area (Å²) in [6.45, 7) is 5.29. The van der Waals surface area contributed by atoms with Gasteiger partial charge in [0, 0.05) is 5.41 Å². The molecule has 2 heterocycles. The molecule has 10 heteroatoms. The first-order valence-corrected chi connectivity index (χ1v) is 5.98. The van der Waals surface area contributed by atoms with Gasteiger partial charge in [-0.2, -0.15) is 0 Å². The molecule has 0 aliphatic heterocycles. The third kappa shape index (κ3) is 3.03. The second-order valence-corrected chi connectivity index (χ2v) is 5.34. The van der Waals surface area contributed by atoms with Crippen LogP contribution in [-0.4, -0.2) is 36.3 Å². The number of hydrogen-bond donors (Lipinski definition) is 1. The van der Waals surface area contributed by atoms with Crippen LogP contribution in [-0.2, 0) is 12.0 Å². The summed E-state index contributed by atoms with van der Waals surface area (Å²) < 4.78 is 32.0. The van der Waals surface area contributed by atoms with Crippen LogP contribution in [0.2, 0.25) is 0 Å². The summed E-state index contributed by atoms with van der Waals surface area (Å²) in [5.41, 5.74) is -1.97. The standard InChI is InChI=1S/C11H13F2N5O3/c1-11(2,3)10-16-14-5(21-10)4-18-7(8(12)13)6(9(19)20)15-17-18/h8H,4H2,1-3H3,(H,19,20). The number of carbonyl (C=O) groups is 1. The normalized spacial score (nSPS) is 12.1. The summed E-state index contributed by atoms with van der Waals surface area (Å²) in [6.07, 6.45) is -3.03. The molecule has 0 aliphatic carbocycles. The summed E-state index contributed by atoms with van der Waals surface area (Å²) in [5, 5.41) is 23.0. The van der Waals surface area contributed by atoms with E-state index in [1.54, 1.807) is 0 Å². The minimum absolute atomic E-state index is 0.0451. The van der Waals surface area contributed by atoms with Gasteiger partial charge in [-0.1, -0.05) is 26.0 Å². The van der Waals surface area contributed by atoms with Gasteiger partial charge < -0.3 is 9.52 Å². The van der Waals surface area contributed by atoms with Gasteiger partial charge in [0.2, 0.25) is 11.8 Å². The number of alkyl halides is 2. The molecule has 114 valence electrons. The zero-order chi connectivity index (χ0) is 15.8. The Morgan fingerprint density at radius 2 is 2.00 bits per heavy atom. The maximum Gasteiger partial charge on any atom is 0.358 e. The fourth-order valence-corrected chi connectivity index (χ4v) is 1.55. The average Bonchev–Trinajstić information content (AvgIpc) is 2.94. The molecule has 8 nitrogen and oxygen atoms in total. The van der Waals surface area contributed by atoms with Crippen LogP contribution >= 0.6 is 0 Å². The smallest absolute Gasteiger partial charge is 0.358 e. The van der Waals surface area contributed by atoms with E-state index in [1.165, 1.54) is 0 Å². The Hall–Kier alpha value is -2.39. The molecule has 0 fully saturated rings. The van der Waals surface area contributed by atoms with Gasteiger partial charge in [-0.25, -0.2) is 18.3 Å². The summed E-state index contributed by atoms with van der Waals surface area (Å²) in [5.74, 6) is -1.18.